The van der Waals surface area contributed by atoms with Gasteiger partial charge in [0.1, 0.15) is 5.82 Å². The van der Waals surface area contributed by atoms with Gasteiger partial charge in [-0.25, -0.2) is 9.18 Å². The van der Waals surface area contributed by atoms with Crippen LogP contribution in [-0.4, -0.2) is 42.0 Å². The number of carbonyl (C=O) groups excluding carboxylic acids is 1. The normalized spacial score (nSPS) is 15.5. The molecule has 0 saturated carbocycles. The fourth-order valence-electron chi connectivity index (χ4n) is 2.98. The lowest BCUT2D eigenvalue weighted by atomic mass is 10.2. The highest BCUT2D eigenvalue weighted by Crippen LogP contribution is 2.30. The minimum Gasteiger partial charge on any atom is -0.322 e. The number of benzene rings is 2. The van der Waals surface area contributed by atoms with E-state index in [2.05, 4.69) is 10.2 Å². The Morgan fingerprint density at radius 1 is 1.07 bits per heavy atom. The van der Waals surface area contributed by atoms with Crippen LogP contribution in [0.3, 0.4) is 0 Å². The first kappa shape index (κ1) is 20.4. The van der Waals surface area contributed by atoms with E-state index in [4.69, 9.17) is 11.6 Å². The molecule has 2 aromatic carbocycles. The molecule has 0 atom stereocenters. The van der Waals surface area contributed by atoms with Gasteiger partial charge in [0.05, 0.1) is 5.56 Å². The number of urea groups is 1. The Kier molecular flexibility index (Phi) is 6.10. The van der Waals surface area contributed by atoms with Crippen LogP contribution in [0.5, 0.6) is 0 Å². The fraction of sp³-hybridized carbons (Fsp3) is 0.316. The van der Waals surface area contributed by atoms with Crippen LogP contribution in [0.2, 0.25) is 5.02 Å². The highest BCUT2D eigenvalue weighted by Gasteiger charge is 2.30. The molecule has 0 radical (unpaired) electrons. The average Bonchev–Trinajstić information content (AvgIpc) is 2.64. The number of amides is 2. The van der Waals surface area contributed by atoms with E-state index in [1.54, 1.807) is 11.0 Å². The van der Waals surface area contributed by atoms with E-state index in [-0.39, 0.29) is 5.69 Å². The summed E-state index contributed by atoms with van der Waals surface area (Å²) in [5.41, 5.74) is 0.0802. The molecule has 0 aromatic heterocycles. The summed E-state index contributed by atoms with van der Waals surface area (Å²) in [5, 5.41) is 2.86. The Hall–Kier alpha value is -2.32. The highest BCUT2D eigenvalue weighted by atomic mass is 35.5. The summed E-state index contributed by atoms with van der Waals surface area (Å²) in [6.45, 7) is 2.52. The summed E-state index contributed by atoms with van der Waals surface area (Å²) >= 11 is 6.04. The minimum absolute atomic E-state index is 0.0975. The van der Waals surface area contributed by atoms with Crippen LogP contribution < -0.4 is 5.32 Å². The summed E-state index contributed by atoms with van der Waals surface area (Å²) < 4.78 is 51.4. The summed E-state index contributed by atoms with van der Waals surface area (Å²) in [5.74, 6) is -0.398. The van der Waals surface area contributed by atoms with E-state index in [1.165, 1.54) is 24.3 Å². The van der Waals surface area contributed by atoms with Gasteiger partial charge in [-0.1, -0.05) is 23.7 Å². The van der Waals surface area contributed by atoms with Crippen molar-refractivity contribution in [2.45, 2.75) is 12.7 Å². The van der Waals surface area contributed by atoms with Gasteiger partial charge in [0, 0.05) is 43.4 Å². The number of piperazine rings is 1. The summed E-state index contributed by atoms with van der Waals surface area (Å²) in [6, 6.07) is 8.32. The van der Waals surface area contributed by atoms with Crippen molar-refractivity contribution < 1.29 is 22.4 Å². The predicted octanol–water partition coefficient (Wildman–Crippen LogP) is 4.85. The van der Waals surface area contributed by atoms with Gasteiger partial charge in [-0.15, -0.1) is 0 Å². The lowest BCUT2D eigenvalue weighted by Crippen LogP contribution is -2.49. The Bertz CT molecular complexity index is 851. The molecule has 1 saturated heterocycles. The first-order valence-electron chi connectivity index (χ1n) is 8.62. The van der Waals surface area contributed by atoms with E-state index >= 15 is 0 Å². The molecule has 3 rings (SSSR count). The molecule has 1 aliphatic heterocycles. The van der Waals surface area contributed by atoms with Crippen LogP contribution >= 0.6 is 11.6 Å². The van der Waals surface area contributed by atoms with Crippen LogP contribution in [0.1, 0.15) is 11.1 Å². The summed E-state index contributed by atoms with van der Waals surface area (Å²) in [6.07, 6.45) is -4.46. The Labute approximate surface area is 164 Å². The van der Waals surface area contributed by atoms with Crippen molar-refractivity contribution in [1.82, 2.24) is 9.80 Å². The third kappa shape index (κ3) is 5.14. The zero-order chi connectivity index (χ0) is 20.3. The average molecular weight is 416 g/mol. The van der Waals surface area contributed by atoms with E-state index in [0.29, 0.717) is 37.7 Å². The lowest BCUT2D eigenvalue weighted by Gasteiger charge is -2.34. The van der Waals surface area contributed by atoms with Crippen LogP contribution in [0.15, 0.2) is 42.5 Å². The maximum Gasteiger partial charge on any atom is 0.416 e. The van der Waals surface area contributed by atoms with Crippen LogP contribution in [0.4, 0.5) is 28.0 Å². The van der Waals surface area contributed by atoms with Gasteiger partial charge in [-0.05, 0) is 35.9 Å². The van der Waals surface area contributed by atoms with Gasteiger partial charge < -0.3 is 10.2 Å². The van der Waals surface area contributed by atoms with Crippen molar-refractivity contribution in [2.24, 2.45) is 0 Å². The van der Waals surface area contributed by atoms with Gasteiger partial charge in [-0.3, -0.25) is 4.90 Å². The number of rotatable bonds is 3. The molecular weight excluding hydrogens is 398 g/mol. The number of nitrogens with one attached hydrogen (secondary N) is 1. The van der Waals surface area contributed by atoms with Gasteiger partial charge >= 0.3 is 12.2 Å². The summed E-state index contributed by atoms with van der Waals surface area (Å²) in [4.78, 5) is 16.0. The zero-order valence-electron chi connectivity index (χ0n) is 14.8. The third-order valence-electron chi connectivity index (χ3n) is 4.51. The van der Waals surface area contributed by atoms with Gasteiger partial charge in [0.15, 0.2) is 0 Å². The van der Waals surface area contributed by atoms with Crippen LogP contribution in [0.25, 0.3) is 0 Å². The molecule has 4 nitrogen and oxygen atoms in total. The molecule has 0 spiro atoms. The molecule has 1 fully saturated rings. The number of hydrogen-bond acceptors (Lipinski definition) is 2. The van der Waals surface area contributed by atoms with Crippen molar-refractivity contribution in [2.75, 3.05) is 31.5 Å². The molecule has 1 N–H and O–H groups in total. The zero-order valence-corrected chi connectivity index (χ0v) is 15.5. The van der Waals surface area contributed by atoms with Gasteiger partial charge in [-0.2, -0.15) is 13.2 Å². The molecule has 1 aliphatic rings. The lowest BCUT2D eigenvalue weighted by molar-refractivity contribution is -0.137. The van der Waals surface area contributed by atoms with Gasteiger partial charge in [0.2, 0.25) is 0 Å². The highest BCUT2D eigenvalue weighted by molar-refractivity contribution is 6.31. The Balaban J connectivity index is 1.54. The second-order valence-electron chi connectivity index (χ2n) is 6.51. The second kappa shape index (κ2) is 8.36. The van der Waals surface area contributed by atoms with Crippen LogP contribution in [-0.2, 0) is 12.7 Å². The molecule has 0 bridgehead atoms. The molecule has 0 unspecified atom stereocenters. The maximum atomic E-state index is 13.1. The summed E-state index contributed by atoms with van der Waals surface area (Å²) in [7, 11) is 0. The fourth-order valence-corrected chi connectivity index (χ4v) is 3.20. The smallest absolute Gasteiger partial charge is 0.322 e. The molecule has 2 aromatic rings. The number of halogens is 5. The van der Waals surface area contributed by atoms with Gasteiger partial charge in [0.25, 0.3) is 0 Å². The SMILES string of the molecule is O=C(Nc1cccc(C(F)(F)F)c1)N1CCN(Cc2ccc(F)cc2Cl)CC1. The Morgan fingerprint density at radius 2 is 1.79 bits per heavy atom. The monoisotopic (exact) mass is 415 g/mol. The maximum absolute atomic E-state index is 13.1. The van der Waals surface area contributed by atoms with Crippen molar-refractivity contribution in [1.29, 1.82) is 0 Å². The van der Waals surface area contributed by atoms with Crippen molar-refractivity contribution in [3.05, 3.63) is 64.4 Å². The number of hydrogen-bond donors (Lipinski definition) is 1. The van der Waals surface area contributed by atoms with E-state index in [9.17, 15) is 22.4 Å². The standard InChI is InChI=1S/C19H18ClF4N3O/c20-17-11-15(21)5-4-13(17)12-26-6-8-27(9-7-26)18(28)25-16-3-1-2-14(10-16)19(22,23)24/h1-5,10-11H,6-9,12H2,(H,25,28). The number of anilines is 1. The number of carbonyl (C=O) groups is 1. The van der Waals surface area contributed by atoms with Crippen molar-refractivity contribution in [3.63, 3.8) is 0 Å². The third-order valence-corrected chi connectivity index (χ3v) is 4.86. The molecule has 1 heterocycles. The number of alkyl halides is 3. The molecular formula is C19H18ClF4N3O. The molecule has 150 valence electrons. The first-order valence-corrected chi connectivity index (χ1v) is 8.99. The van der Waals surface area contributed by atoms with E-state index in [1.807, 2.05) is 0 Å². The van der Waals surface area contributed by atoms with Crippen molar-refractivity contribution >= 4 is 23.3 Å². The first-order chi connectivity index (χ1) is 13.2. The molecule has 9 heteroatoms. The molecule has 0 aliphatic carbocycles. The van der Waals surface area contributed by atoms with E-state index in [0.717, 1.165) is 17.7 Å². The van der Waals surface area contributed by atoms with Crippen molar-refractivity contribution in [3.8, 4) is 0 Å². The minimum atomic E-state index is -4.46. The Morgan fingerprint density at radius 3 is 2.43 bits per heavy atom. The molecule has 28 heavy (non-hydrogen) atoms. The predicted molar refractivity (Wildman–Crippen MR) is 98.7 cm³/mol. The molecule has 2 amide bonds. The van der Waals surface area contributed by atoms with Crippen LogP contribution in [0, 0.1) is 5.82 Å². The second-order valence-corrected chi connectivity index (χ2v) is 6.91. The quantitative estimate of drug-likeness (QED) is 0.727. The topological polar surface area (TPSA) is 35.6 Å². The van der Waals surface area contributed by atoms with E-state index < -0.39 is 23.6 Å². The largest absolute Gasteiger partial charge is 0.416 e. The number of nitrogens with zero attached hydrogens (tertiary/aromatic N) is 2.